The normalized spacial score (nSPS) is 11.3. The maximum absolute atomic E-state index is 12.3. The topological polar surface area (TPSA) is 60.7 Å². The Morgan fingerprint density at radius 3 is 2.91 bits per heavy atom. The van der Waals surface area contributed by atoms with Gasteiger partial charge in [0.15, 0.2) is 4.96 Å². The van der Waals surface area contributed by atoms with Gasteiger partial charge >= 0.3 is 5.97 Å². The lowest BCUT2D eigenvalue weighted by atomic mass is 10.1. The van der Waals surface area contributed by atoms with Crippen molar-refractivity contribution in [2.75, 3.05) is 6.61 Å². The van der Waals surface area contributed by atoms with Crippen molar-refractivity contribution < 1.29 is 9.53 Å². The van der Waals surface area contributed by atoms with Crippen LogP contribution in [0, 0.1) is 0 Å². The molecule has 0 radical (unpaired) electrons. The molecule has 2 heterocycles. The minimum Gasteiger partial charge on any atom is -0.461 e. The zero-order valence-electron chi connectivity index (χ0n) is 12.3. The first-order valence-corrected chi connectivity index (χ1v) is 8.02. The Morgan fingerprint density at radius 2 is 2.09 bits per heavy atom. The highest BCUT2D eigenvalue weighted by Gasteiger charge is 2.18. The van der Waals surface area contributed by atoms with Crippen LogP contribution in [0.3, 0.4) is 0 Å². The Balaban J connectivity index is 2.23. The summed E-state index contributed by atoms with van der Waals surface area (Å²) in [4.78, 5) is 28.6. The number of nitrogens with zero attached hydrogens (tertiary/aromatic N) is 2. The number of carbonyl (C=O) groups excluding carboxylic acids is 1. The predicted molar refractivity (Wildman–Crippen MR) is 90.3 cm³/mol. The van der Waals surface area contributed by atoms with E-state index in [0.29, 0.717) is 4.96 Å². The average molecular weight is 324 g/mol. The van der Waals surface area contributed by atoms with Gasteiger partial charge in [-0.05, 0) is 18.4 Å². The van der Waals surface area contributed by atoms with Crippen molar-refractivity contribution in [1.82, 2.24) is 9.38 Å². The van der Waals surface area contributed by atoms with Gasteiger partial charge in [0.05, 0.1) is 16.8 Å². The first-order chi connectivity index (χ1) is 11.2. The molecule has 0 N–H and O–H groups in total. The number of fused-ring (bicyclic) bond motifs is 5. The van der Waals surface area contributed by atoms with E-state index in [1.807, 2.05) is 36.4 Å². The summed E-state index contributed by atoms with van der Waals surface area (Å²) in [5, 5.41) is 2.07. The number of esters is 1. The summed E-state index contributed by atoms with van der Waals surface area (Å²) in [6.45, 7) is 1.99. The second-order valence-corrected chi connectivity index (χ2v) is 6.06. The maximum atomic E-state index is 12.3. The van der Waals surface area contributed by atoms with Crippen molar-refractivity contribution >= 4 is 43.3 Å². The third-order valence-corrected chi connectivity index (χ3v) is 4.68. The predicted octanol–water partition coefficient (Wildman–Crippen LogP) is 3.24. The van der Waals surface area contributed by atoms with Crippen LogP contribution < -0.4 is 5.56 Å². The Bertz CT molecular complexity index is 1130. The fraction of sp³-hybridized carbons (Fsp3) is 0.118. The van der Waals surface area contributed by atoms with Gasteiger partial charge in [0, 0.05) is 11.5 Å². The van der Waals surface area contributed by atoms with Crippen molar-refractivity contribution in [3.8, 4) is 0 Å². The van der Waals surface area contributed by atoms with Crippen molar-refractivity contribution in [3.05, 3.63) is 58.5 Å². The second kappa shape index (κ2) is 5.17. The van der Waals surface area contributed by atoms with Crippen LogP contribution in [0.15, 0.2) is 47.3 Å². The maximum Gasteiger partial charge on any atom is 0.355 e. The van der Waals surface area contributed by atoms with Crippen LogP contribution in [0.4, 0.5) is 0 Å². The third kappa shape index (κ3) is 2.10. The molecule has 0 fully saturated rings. The smallest absolute Gasteiger partial charge is 0.355 e. The summed E-state index contributed by atoms with van der Waals surface area (Å²) in [5.41, 5.74) is 0.645. The van der Waals surface area contributed by atoms with Gasteiger partial charge in [0.25, 0.3) is 5.56 Å². The lowest BCUT2D eigenvalue weighted by Gasteiger charge is -2.06. The lowest BCUT2D eigenvalue weighted by molar-refractivity contribution is 0.0518. The molecular weight excluding hydrogens is 312 g/mol. The molecule has 5 nitrogen and oxygen atoms in total. The highest BCUT2D eigenvalue weighted by molar-refractivity contribution is 7.23. The zero-order chi connectivity index (χ0) is 16.0. The highest BCUT2D eigenvalue weighted by Crippen LogP contribution is 2.32. The van der Waals surface area contributed by atoms with Gasteiger partial charge in [0.2, 0.25) is 0 Å². The van der Waals surface area contributed by atoms with Gasteiger partial charge in [-0.3, -0.25) is 9.20 Å². The van der Waals surface area contributed by atoms with E-state index in [0.717, 1.165) is 21.0 Å². The van der Waals surface area contributed by atoms with E-state index in [-0.39, 0.29) is 12.3 Å². The molecule has 0 aliphatic heterocycles. The molecule has 0 bridgehead atoms. The van der Waals surface area contributed by atoms with E-state index in [2.05, 4.69) is 4.98 Å². The van der Waals surface area contributed by atoms with Crippen LogP contribution in [0.1, 0.15) is 17.4 Å². The summed E-state index contributed by atoms with van der Waals surface area (Å²) in [7, 11) is 0. The fourth-order valence-electron chi connectivity index (χ4n) is 2.75. The first kappa shape index (κ1) is 13.9. The molecule has 2 aromatic heterocycles. The molecule has 0 amide bonds. The average Bonchev–Trinajstić information content (AvgIpc) is 2.92. The summed E-state index contributed by atoms with van der Waals surface area (Å²) in [6, 6.07) is 13.2. The molecule has 6 heteroatoms. The van der Waals surface area contributed by atoms with E-state index in [1.54, 1.807) is 11.3 Å². The SMILES string of the molecule is CCOC(=O)c1cc(=O)nc2sc3ccc4ccccc4c3n12. The van der Waals surface area contributed by atoms with Crippen LogP contribution in [0.2, 0.25) is 0 Å². The molecule has 4 rings (SSSR count). The first-order valence-electron chi connectivity index (χ1n) is 7.20. The van der Waals surface area contributed by atoms with Crippen molar-refractivity contribution in [1.29, 1.82) is 0 Å². The van der Waals surface area contributed by atoms with Crippen molar-refractivity contribution in [2.45, 2.75) is 6.92 Å². The van der Waals surface area contributed by atoms with Gasteiger partial charge in [-0.15, -0.1) is 0 Å². The number of carbonyl (C=O) groups is 1. The molecule has 0 unspecified atom stereocenters. The van der Waals surface area contributed by atoms with Crippen molar-refractivity contribution in [2.24, 2.45) is 0 Å². The molecule has 0 aliphatic rings. The number of benzene rings is 2. The quantitative estimate of drug-likeness (QED) is 0.531. The van der Waals surface area contributed by atoms with E-state index in [9.17, 15) is 9.59 Å². The molecule has 0 saturated heterocycles. The summed E-state index contributed by atoms with van der Waals surface area (Å²) >= 11 is 1.38. The van der Waals surface area contributed by atoms with Gasteiger partial charge in [-0.2, -0.15) is 4.98 Å². The lowest BCUT2D eigenvalue weighted by Crippen LogP contribution is -2.16. The number of hydrogen-bond acceptors (Lipinski definition) is 5. The molecule has 0 aliphatic carbocycles. The number of ether oxygens (including phenoxy) is 1. The van der Waals surface area contributed by atoms with E-state index in [1.165, 1.54) is 17.4 Å². The van der Waals surface area contributed by atoms with Crippen molar-refractivity contribution in [3.63, 3.8) is 0 Å². The summed E-state index contributed by atoms with van der Waals surface area (Å²) < 4.78 is 7.79. The van der Waals surface area contributed by atoms with Crippen LogP contribution in [0.5, 0.6) is 0 Å². The Hall–Kier alpha value is -2.73. The molecular formula is C17H12N2O3S. The molecule has 23 heavy (non-hydrogen) atoms. The van der Waals surface area contributed by atoms with E-state index in [4.69, 9.17) is 4.74 Å². The highest BCUT2D eigenvalue weighted by atomic mass is 32.1. The minimum atomic E-state index is -0.519. The molecule has 0 saturated carbocycles. The number of aromatic nitrogens is 2. The Kier molecular flexibility index (Phi) is 3.12. The van der Waals surface area contributed by atoms with Crippen LogP contribution in [-0.4, -0.2) is 22.0 Å². The van der Waals surface area contributed by atoms with Crippen LogP contribution in [0.25, 0.3) is 25.9 Å². The molecule has 2 aromatic carbocycles. The zero-order valence-corrected chi connectivity index (χ0v) is 13.1. The third-order valence-electron chi connectivity index (χ3n) is 3.67. The number of hydrogen-bond donors (Lipinski definition) is 0. The summed E-state index contributed by atoms with van der Waals surface area (Å²) in [5.74, 6) is -0.519. The monoisotopic (exact) mass is 324 g/mol. The molecule has 0 spiro atoms. The second-order valence-electron chi connectivity index (χ2n) is 5.05. The Labute approximate surface area is 134 Å². The van der Waals surface area contributed by atoms with Crippen LogP contribution >= 0.6 is 11.3 Å². The number of rotatable bonds is 2. The van der Waals surface area contributed by atoms with Gasteiger partial charge in [0.1, 0.15) is 5.69 Å². The van der Waals surface area contributed by atoms with Gasteiger partial charge < -0.3 is 4.74 Å². The van der Waals surface area contributed by atoms with E-state index < -0.39 is 11.5 Å². The minimum absolute atomic E-state index is 0.212. The fourth-order valence-corrected chi connectivity index (χ4v) is 3.79. The van der Waals surface area contributed by atoms with Gasteiger partial charge in [-0.1, -0.05) is 41.7 Å². The van der Waals surface area contributed by atoms with Crippen LogP contribution in [-0.2, 0) is 4.74 Å². The van der Waals surface area contributed by atoms with Gasteiger partial charge in [-0.25, -0.2) is 4.79 Å². The summed E-state index contributed by atoms with van der Waals surface area (Å²) in [6.07, 6.45) is 0. The molecule has 114 valence electrons. The largest absolute Gasteiger partial charge is 0.461 e. The molecule has 0 atom stereocenters. The standard InChI is InChI=1S/C17H12N2O3S/c1-2-22-16(21)12-9-14(20)18-17-19(12)15-11-6-4-3-5-10(11)7-8-13(15)23-17/h3-9H,2H2,1H3. The Morgan fingerprint density at radius 1 is 1.26 bits per heavy atom. The van der Waals surface area contributed by atoms with E-state index >= 15 is 0 Å². The number of thiazole rings is 1. The molecule has 4 aromatic rings.